The van der Waals surface area contributed by atoms with E-state index in [1.54, 1.807) is 32.1 Å². The zero-order chi connectivity index (χ0) is 40.8. The zero-order valence-corrected chi connectivity index (χ0v) is 34.4. The predicted molar refractivity (Wildman–Crippen MR) is 219 cm³/mol. The van der Waals surface area contributed by atoms with Crippen LogP contribution >= 0.6 is 11.3 Å². The maximum atomic E-state index is 14.7. The number of aromatic nitrogens is 2. The van der Waals surface area contributed by atoms with Crippen LogP contribution in [-0.2, 0) is 29.1 Å². The van der Waals surface area contributed by atoms with Gasteiger partial charge in [-0.05, 0) is 88.9 Å². The maximum absolute atomic E-state index is 14.7. The van der Waals surface area contributed by atoms with Crippen molar-refractivity contribution in [2.75, 3.05) is 6.54 Å². The van der Waals surface area contributed by atoms with Crippen LogP contribution in [0.15, 0.2) is 66.7 Å². The van der Waals surface area contributed by atoms with E-state index >= 15 is 0 Å². The fourth-order valence-electron chi connectivity index (χ4n) is 7.78. The van der Waals surface area contributed by atoms with Crippen molar-refractivity contribution in [1.29, 1.82) is 0 Å². The molecule has 2 aliphatic carbocycles. The average Bonchev–Trinajstić information content (AvgIpc) is 4.06. The molecule has 3 N–H and O–H groups in total. The number of allylic oxidation sites excluding steroid dienone is 1. The lowest BCUT2D eigenvalue weighted by Crippen LogP contribution is -2.58. The number of sulfonamides is 1. The van der Waals surface area contributed by atoms with Crippen molar-refractivity contribution in [2.24, 2.45) is 5.92 Å². The van der Waals surface area contributed by atoms with Crippen LogP contribution in [0.3, 0.4) is 0 Å². The minimum absolute atomic E-state index is 0.0235. The Kier molecular flexibility index (Phi) is 10.7. The lowest BCUT2D eigenvalue weighted by atomic mass is 10.0. The van der Waals surface area contributed by atoms with E-state index in [-0.39, 0.29) is 25.3 Å². The molecule has 14 nitrogen and oxygen atoms in total. The standard InChI is InChI=1S/C42H48N6O8S2/c1-41(2,3)56-40(52)45-31-17-8-6-4-5-7-14-26-23-42(26,39(51)47-58(53,54)28-19-20-28)46-36(49)32-22-27(24-48(32)38(31)50)55-37-35(43-29-15-10-11-16-30(29)44-37)34-21-25-13-9-12-18-33(25)57-34/h7,9-16,18,21,26-28,31-32H,4-6,8,17,19-20,22-24H2,1-3H3,(H,45,52)(H,46,49)(H,47,51)/b14-7-/t26-,27-,31+,32+,42-/m1/s1. The highest BCUT2D eigenvalue weighted by Gasteiger charge is 2.62. The molecular formula is C42H48N6O8S2. The minimum Gasteiger partial charge on any atom is -0.471 e. The molecule has 16 heteroatoms. The third kappa shape index (κ3) is 8.53. The van der Waals surface area contributed by atoms with Crippen molar-refractivity contribution < 1.29 is 37.1 Å². The van der Waals surface area contributed by atoms with Crippen molar-refractivity contribution >= 4 is 66.3 Å². The molecule has 0 radical (unpaired) electrons. The summed E-state index contributed by atoms with van der Waals surface area (Å²) < 4.78 is 41.3. The van der Waals surface area contributed by atoms with Gasteiger partial charge >= 0.3 is 6.09 Å². The number of amides is 4. The van der Waals surface area contributed by atoms with E-state index < -0.39 is 74.3 Å². The maximum Gasteiger partial charge on any atom is 0.408 e. The van der Waals surface area contributed by atoms with E-state index in [2.05, 4.69) is 15.4 Å². The highest BCUT2D eigenvalue weighted by Crippen LogP contribution is 2.46. The number of benzene rings is 2. The van der Waals surface area contributed by atoms with E-state index in [0.717, 1.165) is 27.8 Å². The van der Waals surface area contributed by atoms with E-state index in [1.807, 2.05) is 66.7 Å². The van der Waals surface area contributed by atoms with Gasteiger partial charge in [0.1, 0.15) is 35.0 Å². The molecule has 0 spiro atoms. The molecule has 0 unspecified atom stereocenters. The SMILES string of the molecule is CC(C)(C)OC(=O)N[C@H]1CCCCC/C=C\[C@@H]2C[C@@]2(C(=O)NS(=O)(=O)C2CC2)NC(=O)[C@@H]2C[C@@H](Oc3nc4ccccc4nc3-c3cc4ccccc4s3)CN2C1=O. The van der Waals surface area contributed by atoms with Gasteiger partial charge in [0.25, 0.3) is 5.91 Å². The number of ether oxygens (including phenoxy) is 2. The molecule has 2 saturated carbocycles. The second-order valence-electron chi connectivity index (χ2n) is 16.7. The van der Waals surface area contributed by atoms with Gasteiger partial charge in [0.2, 0.25) is 27.7 Å². The summed E-state index contributed by atoms with van der Waals surface area (Å²) in [6.45, 7) is 5.16. The third-order valence-corrected chi connectivity index (χ3v) is 14.0. The number of fused-ring (bicyclic) bond motifs is 4. The average molecular weight is 829 g/mol. The van der Waals surface area contributed by atoms with Crippen LogP contribution in [0.4, 0.5) is 4.79 Å². The Hall–Kier alpha value is -5.09. The molecule has 5 atom stereocenters. The smallest absolute Gasteiger partial charge is 0.408 e. The minimum atomic E-state index is -3.91. The summed E-state index contributed by atoms with van der Waals surface area (Å²) in [4.78, 5) is 68.2. The quantitative estimate of drug-likeness (QED) is 0.194. The van der Waals surface area contributed by atoms with Crippen molar-refractivity contribution in [3.05, 3.63) is 66.7 Å². The first-order valence-electron chi connectivity index (χ1n) is 20.0. The topological polar surface area (TPSA) is 186 Å². The number of hydrogen-bond acceptors (Lipinski definition) is 11. The number of nitrogens with one attached hydrogen (secondary N) is 3. The van der Waals surface area contributed by atoms with E-state index in [0.29, 0.717) is 48.8 Å². The van der Waals surface area contributed by atoms with Gasteiger partial charge in [0.05, 0.1) is 27.7 Å². The Labute approximate surface area is 341 Å². The number of thiophene rings is 1. The summed E-state index contributed by atoms with van der Waals surface area (Å²) in [5, 5.41) is 6.08. The Morgan fingerprint density at radius 1 is 0.983 bits per heavy atom. The van der Waals surface area contributed by atoms with E-state index in [1.165, 1.54) is 4.90 Å². The van der Waals surface area contributed by atoms with Crippen molar-refractivity contribution in [2.45, 2.75) is 113 Å². The van der Waals surface area contributed by atoms with E-state index in [4.69, 9.17) is 19.4 Å². The third-order valence-electron chi connectivity index (χ3n) is 11.0. The molecule has 4 amide bonds. The van der Waals surface area contributed by atoms with Gasteiger partial charge in [-0.15, -0.1) is 11.3 Å². The lowest BCUT2D eigenvalue weighted by Gasteiger charge is -2.30. The summed E-state index contributed by atoms with van der Waals surface area (Å²) in [6, 6.07) is 15.3. The van der Waals surface area contributed by atoms with Gasteiger partial charge in [-0.3, -0.25) is 19.1 Å². The first kappa shape index (κ1) is 39.7. The number of carbonyl (C=O) groups is 4. The zero-order valence-electron chi connectivity index (χ0n) is 32.7. The molecule has 3 fully saturated rings. The van der Waals surface area contributed by atoms with Gasteiger partial charge in [-0.2, -0.15) is 0 Å². The molecule has 8 rings (SSSR count). The number of rotatable bonds is 7. The van der Waals surface area contributed by atoms with Gasteiger partial charge in [-0.1, -0.05) is 55.3 Å². The number of alkyl carbamates (subject to hydrolysis) is 1. The summed E-state index contributed by atoms with van der Waals surface area (Å²) in [7, 11) is -3.91. The Balaban J connectivity index is 1.13. The Morgan fingerprint density at radius 3 is 2.47 bits per heavy atom. The predicted octanol–water partition coefficient (Wildman–Crippen LogP) is 5.76. The number of carbonyl (C=O) groups excluding carboxylic acids is 4. The number of hydrogen-bond donors (Lipinski definition) is 3. The molecule has 58 heavy (non-hydrogen) atoms. The lowest BCUT2D eigenvalue weighted by molar-refractivity contribution is -0.141. The Bertz CT molecular complexity index is 2370. The summed E-state index contributed by atoms with van der Waals surface area (Å²) in [6.07, 6.45) is 6.63. The summed E-state index contributed by atoms with van der Waals surface area (Å²) >= 11 is 1.55. The number of nitrogens with zero attached hydrogens (tertiary/aromatic N) is 3. The fraction of sp³-hybridized carbons (Fsp3) is 0.476. The van der Waals surface area contributed by atoms with Crippen LogP contribution in [0.5, 0.6) is 5.88 Å². The second kappa shape index (κ2) is 15.6. The van der Waals surface area contributed by atoms with Crippen LogP contribution < -0.4 is 20.1 Å². The molecule has 4 heterocycles. The highest BCUT2D eigenvalue weighted by molar-refractivity contribution is 7.91. The molecule has 4 aromatic rings. The van der Waals surface area contributed by atoms with Crippen LogP contribution in [0.2, 0.25) is 0 Å². The van der Waals surface area contributed by atoms with Crippen LogP contribution in [0, 0.1) is 5.92 Å². The highest BCUT2D eigenvalue weighted by atomic mass is 32.2. The molecule has 306 valence electrons. The fourth-order valence-corrected chi connectivity index (χ4v) is 10.2. The number of para-hydroxylation sites is 2. The molecule has 1 saturated heterocycles. The summed E-state index contributed by atoms with van der Waals surface area (Å²) in [5.74, 6) is -2.12. The first-order chi connectivity index (χ1) is 27.7. The van der Waals surface area contributed by atoms with E-state index in [9.17, 15) is 27.6 Å². The second-order valence-corrected chi connectivity index (χ2v) is 19.8. The Morgan fingerprint density at radius 2 is 1.72 bits per heavy atom. The normalized spacial score (nSPS) is 26.1. The summed E-state index contributed by atoms with van der Waals surface area (Å²) in [5.41, 5.74) is -0.538. The first-order valence-corrected chi connectivity index (χ1v) is 22.3. The molecule has 0 bridgehead atoms. The van der Waals surface area contributed by atoms with Crippen molar-refractivity contribution in [3.63, 3.8) is 0 Å². The van der Waals surface area contributed by atoms with Crippen molar-refractivity contribution in [3.8, 4) is 16.5 Å². The van der Waals surface area contributed by atoms with Gasteiger partial charge in [0.15, 0.2) is 0 Å². The van der Waals surface area contributed by atoms with Gasteiger partial charge in [-0.25, -0.2) is 23.2 Å². The van der Waals surface area contributed by atoms with Gasteiger partial charge in [0, 0.05) is 17.0 Å². The van der Waals surface area contributed by atoms with Crippen LogP contribution in [0.25, 0.3) is 31.7 Å². The molecule has 2 aromatic carbocycles. The van der Waals surface area contributed by atoms with Crippen molar-refractivity contribution in [1.82, 2.24) is 30.2 Å². The molecule has 4 aliphatic rings. The molecular weight excluding hydrogens is 781 g/mol. The van der Waals surface area contributed by atoms with Crippen LogP contribution in [0.1, 0.15) is 78.6 Å². The van der Waals surface area contributed by atoms with Crippen LogP contribution in [-0.4, -0.2) is 88.2 Å². The monoisotopic (exact) mass is 828 g/mol. The molecule has 2 aromatic heterocycles. The van der Waals surface area contributed by atoms with Gasteiger partial charge < -0.3 is 25.0 Å². The largest absolute Gasteiger partial charge is 0.471 e. The molecule has 2 aliphatic heterocycles.